The molecular weight excluding hydrogens is 1120 g/mol. The highest BCUT2D eigenvalue weighted by molar-refractivity contribution is 8.00. The molecule has 0 aliphatic carbocycles. The van der Waals surface area contributed by atoms with Gasteiger partial charge in [-0.15, -0.1) is 23.5 Å². The molecule has 0 amide bonds. The van der Waals surface area contributed by atoms with Gasteiger partial charge in [0.1, 0.15) is 59.3 Å². The van der Waals surface area contributed by atoms with Gasteiger partial charge in [-0.1, -0.05) is 72.8 Å². The van der Waals surface area contributed by atoms with Crippen molar-refractivity contribution in [3.8, 4) is 5.75 Å². The van der Waals surface area contributed by atoms with Gasteiger partial charge in [-0.2, -0.15) is 0 Å². The van der Waals surface area contributed by atoms with Crippen molar-refractivity contribution in [2.24, 2.45) is 0 Å². The van der Waals surface area contributed by atoms with Gasteiger partial charge in [0.15, 0.2) is 48.7 Å². The minimum atomic E-state index is -1.52. The van der Waals surface area contributed by atoms with Crippen LogP contribution < -0.4 is 4.74 Å². The maximum absolute atomic E-state index is 13.3. The van der Waals surface area contributed by atoms with E-state index in [1.54, 1.807) is 33.1 Å². The van der Waals surface area contributed by atoms with Crippen LogP contribution in [0.4, 0.5) is 0 Å². The molecule has 7 rings (SSSR count). The van der Waals surface area contributed by atoms with E-state index in [0.29, 0.717) is 22.4 Å². The van der Waals surface area contributed by atoms with Crippen molar-refractivity contribution < 1.29 is 109 Å². The third-order valence-corrected chi connectivity index (χ3v) is 15.9. The highest BCUT2D eigenvalue weighted by Gasteiger charge is 2.61. The fraction of sp³-hybridized carbons (Fsp3) is 0.544. The average Bonchev–Trinajstić information content (AvgIpc) is 4.01. The topological polar surface area (TPSA) is 275 Å². The van der Waals surface area contributed by atoms with Crippen LogP contribution in [0.5, 0.6) is 5.75 Å². The second-order valence-corrected chi connectivity index (χ2v) is 22.3. The van der Waals surface area contributed by atoms with Crippen molar-refractivity contribution in [1.29, 1.82) is 0 Å². The highest BCUT2D eigenvalue weighted by Crippen LogP contribution is 2.49. The normalized spacial score (nSPS) is 28.7. The van der Waals surface area contributed by atoms with Gasteiger partial charge in [0.25, 0.3) is 0 Å². The summed E-state index contributed by atoms with van der Waals surface area (Å²) in [7, 11) is 1.55. The Morgan fingerprint density at radius 3 is 1.45 bits per heavy atom. The molecule has 0 aromatic heterocycles. The van der Waals surface area contributed by atoms with Crippen LogP contribution in [0.25, 0.3) is 0 Å². The van der Waals surface area contributed by atoms with Crippen molar-refractivity contribution in [2.45, 2.75) is 170 Å². The molecule has 4 fully saturated rings. The highest BCUT2D eigenvalue weighted by atomic mass is 32.2. The third kappa shape index (κ3) is 15.7. The molecule has 0 N–H and O–H groups in total. The van der Waals surface area contributed by atoms with Crippen molar-refractivity contribution in [1.82, 2.24) is 0 Å². The number of carbonyl (C=O) groups excluding carboxylic acids is 8. The second kappa shape index (κ2) is 27.8. The lowest BCUT2D eigenvalue weighted by molar-refractivity contribution is -0.241. The zero-order valence-electron chi connectivity index (χ0n) is 47.1. The van der Waals surface area contributed by atoms with E-state index < -0.39 is 155 Å². The van der Waals surface area contributed by atoms with Gasteiger partial charge in [0, 0.05) is 61.1 Å². The van der Waals surface area contributed by atoms with E-state index in [4.69, 9.17) is 71.1 Å². The molecule has 0 spiro atoms. The first-order valence-electron chi connectivity index (χ1n) is 26.2. The summed E-state index contributed by atoms with van der Waals surface area (Å²) in [6.45, 7) is 11.5. The molecule has 0 bridgehead atoms. The quantitative estimate of drug-likeness (QED) is 0.0705. The molecule has 25 heteroatoms. The standard InChI is InChI=1S/C57H68O23S2/c1-29(58)67-26-41-44(70-31(3)60)48(73-34(6)63)50(75-36(8)65)55(77-41)82-52-46(78-53-51(52)79-56(9,10)80-53)43(69-30(2)59)28-81-54-49(74-35(7)64)47(72-33(5)62)45(71-32(4)61)42(76-54)27-68-57(37-18-14-12-15-19-37,38-20-16-13-17-21-38)39-22-24-40(66-11)25-23-39/h12-25,41-55H,26-28H2,1-11H3/t41-,42-,43-,44-,45-,46-,47+,48+,49-,50-,51-,52+,53-,54+,55+/m1/s1. The van der Waals surface area contributed by atoms with Crippen molar-refractivity contribution in [3.63, 3.8) is 0 Å². The van der Waals surface area contributed by atoms with Crippen molar-refractivity contribution >= 4 is 71.3 Å². The molecule has 4 heterocycles. The SMILES string of the molecule is COc1ccc(C(OC[C@H]2O[C@@H](SC[C@@H](OC(C)=O)[C@H]3O[C@@H]4OC(C)(C)O[C@@H]4[C@H]3S[C@@H]3O[C@H](COC(C)=O)[C@@H](OC(C)=O)[C@H](OC(C)=O)[C@H]3OC(C)=O)[C@H](OC(C)=O)[C@@H](OC(C)=O)[C@@H]2OC(C)=O)(c2ccccc2)c2ccccc2)cc1. The van der Waals surface area contributed by atoms with E-state index in [0.717, 1.165) is 72.0 Å². The van der Waals surface area contributed by atoms with Gasteiger partial charge in [-0.05, 0) is 42.7 Å². The smallest absolute Gasteiger partial charge is 0.303 e. The number of rotatable bonds is 22. The summed E-state index contributed by atoms with van der Waals surface area (Å²) in [6, 6.07) is 26.0. The van der Waals surface area contributed by atoms with Gasteiger partial charge >= 0.3 is 47.8 Å². The molecule has 4 aliphatic heterocycles. The number of ether oxygens (including phenoxy) is 15. The summed E-state index contributed by atoms with van der Waals surface area (Å²) < 4.78 is 91.6. The Kier molecular flexibility index (Phi) is 21.5. The Balaban J connectivity index is 1.28. The second-order valence-electron chi connectivity index (χ2n) is 19.9. The van der Waals surface area contributed by atoms with E-state index >= 15 is 0 Å². The molecular formula is C57H68O23S2. The number of thioether (sulfide) groups is 2. The lowest BCUT2D eigenvalue weighted by Gasteiger charge is -2.46. The number of hydrogen-bond acceptors (Lipinski definition) is 25. The van der Waals surface area contributed by atoms with Crippen LogP contribution in [0.1, 0.15) is 85.9 Å². The average molecular weight is 1190 g/mol. The Morgan fingerprint density at radius 2 is 0.976 bits per heavy atom. The van der Waals surface area contributed by atoms with Crippen LogP contribution in [0, 0.1) is 0 Å². The van der Waals surface area contributed by atoms with Crippen molar-refractivity contribution in [2.75, 3.05) is 26.1 Å². The summed E-state index contributed by atoms with van der Waals surface area (Å²) in [5, 5.41) is -0.987. The molecule has 0 radical (unpaired) electrons. The van der Waals surface area contributed by atoms with E-state index in [-0.39, 0.29) is 12.4 Å². The first-order valence-corrected chi connectivity index (χ1v) is 28.2. The van der Waals surface area contributed by atoms with Crippen LogP contribution >= 0.6 is 23.5 Å². The van der Waals surface area contributed by atoms with E-state index in [2.05, 4.69) is 0 Å². The van der Waals surface area contributed by atoms with Crippen LogP contribution in [0.3, 0.4) is 0 Å². The largest absolute Gasteiger partial charge is 0.497 e. The zero-order chi connectivity index (χ0) is 59.6. The molecule has 446 valence electrons. The lowest BCUT2D eigenvalue weighted by atomic mass is 9.80. The minimum Gasteiger partial charge on any atom is -0.497 e. The molecule has 23 nitrogen and oxygen atoms in total. The number of hydrogen-bond donors (Lipinski definition) is 0. The lowest BCUT2D eigenvalue weighted by Crippen LogP contribution is -2.62. The molecule has 3 aromatic carbocycles. The van der Waals surface area contributed by atoms with Crippen LogP contribution in [-0.2, 0) is 110 Å². The summed E-state index contributed by atoms with van der Waals surface area (Å²) in [4.78, 5) is 103. The monoisotopic (exact) mass is 1180 g/mol. The minimum absolute atomic E-state index is 0.229. The molecule has 82 heavy (non-hydrogen) atoms. The van der Waals surface area contributed by atoms with Gasteiger partial charge in [0.05, 0.1) is 19.0 Å². The molecule has 3 aromatic rings. The van der Waals surface area contributed by atoms with Gasteiger partial charge in [-0.3, -0.25) is 38.4 Å². The van der Waals surface area contributed by atoms with Crippen molar-refractivity contribution in [3.05, 3.63) is 102 Å². The predicted molar refractivity (Wildman–Crippen MR) is 287 cm³/mol. The maximum Gasteiger partial charge on any atom is 0.303 e. The molecule has 4 aliphatic rings. The predicted octanol–water partition coefficient (Wildman–Crippen LogP) is 5.25. The number of esters is 8. The van der Waals surface area contributed by atoms with E-state index in [9.17, 15) is 38.4 Å². The number of fused-ring (bicyclic) bond motifs is 1. The third-order valence-electron chi connectivity index (χ3n) is 13.2. The Hall–Kier alpha value is -6.32. The number of carbonyl (C=O) groups is 8. The van der Waals surface area contributed by atoms with Gasteiger partial charge < -0.3 is 71.1 Å². The Bertz CT molecular complexity index is 2690. The fourth-order valence-electron chi connectivity index (χ4n) is 10.3. The van der Waals surface area contributed by atoms with Crippen LogP contribution in [-0.4, -0.2) is 169 Å². The summed E-state index contributed by atoms with van der Waals surface area (Å²) in [6.07, 6.45) is -16.1. The Morgan fingerprint density at radius 1 is 0.524 bits per heavy atom. The molecule has 15 atom stereocenters. The zero-order valence-corrected chi connectivity index (χ0v) is 48.7. The van der Waals surface area contributed by atoms with Gasteiger partial charge in [-0.25, -0.2) is 0 Å². The van der Waals surface area contributed by atoms with Crippen LogP contribution in [0.15, 0.2) is 84.9 Å². The van der Waals surface area contributed by atoms with E-state index in [1.807, 2.05) is 72.8 Å². The first-order chi connectivity index (χ1) is 38.9. The molecule has 4 saturated heterocycles. The Labute approximate surface area is 482 Å². The van der Waals surface area contributed by atoms with Gasteiger partial charge in [0.2, 0.25) is 0 Å². The number of benzene rings is 3. The first kappa shape index (κ1) is 63.3. The fourth-order valence-corrected chi connectivity index (χ4v) is 13.1. The summed E-state index contributed by atoms with van der Waals surface area (Å²) in [5.41, 5.74) is -1.97. The molecule has 0 unspecified atom stereocenters. The summed E-state index contributed by atoms with van der Waals surface area (Å²) in [5.74, 6) is -7.28. The van der Waals surface area contributed by atoms with Crippen LogP contribution in [0.2, 0.25) is 0 Å². The number of methoxy groups -OCH3 is 1. The molecule has 0 saturated carbocycles. The van der Waals surface area contributed by atoms with E-state index in [1.165, 1.54) is 6.92 Å². The summed E-state index contributed by atoms with van der Waals surface area (Å²) >= 11 is 1.94. The maximum atomic E-state index is 13.3.